The molecule has 0 bridgehead atoms. The van der Waals surface area contributed by atoms with Crippen molar-refractivity contribution in [1.82, 2.24) is 15.0 Å². The third-order valence-electron chi connectivity index (χ3n) is 7.58. The van der Waals surface area contributed by atoms with E-state index in [-0.39, 0.29) is 0 Å². The standard InChI is InChI=1S/C37H22BrN3O/c38-27-19-25(28-11-6-13-32-29(28)12-7-17-39-32)18-26(20-27)34-22-33(40-37(41-34)23-8-2-1-3-9-23)24-15-16-31-30-10-4-5-14-35(30)42-36(31)21-24/h1-22H. The molecule has 0 spiro atoms. The van der Waals surface area contributed by atoms with Crippen molar-refractivity contribution in [2.75, 3.05) is 0 Å². The molecule has 0 unspecified atom stereocenters. The Kier molecular flexibility index (Phi) is 5.90. The van der Waals surface area contributed by atoms with Crippen molar-refractivity contribution in [1.29, 1.82) is 0 Å². The molecule has 0 saturated carbocycles. The van der Waals surface area contributed by atoms with Crippen molar-refractivity contribution >= 4 is 48.8 Å². The number of halogens is 1. The zero-order valence-corrected chi connectivity index (χ0v) is 23.9. The molecule has 8 aromatic rings. The first-order valence-corrected chi connectivity index (χ1v) is 14.5. The number of aromatic nitrogens is 3. The molecule has 3 heterocycles. The molecule has 0 fully saturated rings. The average Bonchev–Trinajstić information content (AvgIpc) is 3.42. The Labute approximate surface area is 250 Å². The van der Waals surface area contributed by atoms with Gasteiger partial charge in [-0.05, 0) is 65.7 Å². The number of hydrogen-bond donors (Lipinski definition) is 0. The summed E-state index contributed by atoms with van der Waals surface area (Å²) >= 11 is 3.77. The van der Waals surface area contributed by atoms with Crippen LogP contribution in [0.5, 0.6) is 0 Å². The normalized spacial score (nSPS) is 11.5. The molecule has 0 radical (unpaired) electrons. The van der Waals surface area contributed by atoms with Gasteiger partial charge < -0.3 is 4.42 Å². The summed E-state index contributed by atoms with van der Waals surface area (Å²) < 4.78 is 7.18. The molecule has 4 nitrogen and oxygen atoms in total. The lowest BCUT2D eigenvalue weighted by Crippen LogP contribution is -1.96. The smallest absolute Gasteiger partial charge is 0.160 e. The van der Waals surface area contributed by atoms with Crippen molar-refractivity contribution in [3.05, 3.63) is 138 Å². The predicted molar refractivity (Wildman–Crippen MR) is 174 cm³/mol. The van der Waals surface area contributed by atoms with Crippen molar-refractivity contribution in [2.24, 2.45) is 0 Å². The summed E-state index contributed by atoms with van der Waals surface area (Å²) in [5, 5.41) is 3.31. The van der Waals surface area contributed by atoms with E-state index in [4.69, 9.17) is 14.4 Å². The largest absolute Gasteiger partial charge is 0.456 e. The van der Waals surface area contributed by atoms with E-state index >= 15 is 0 Å². The van der Waals surface area contributed by atoms with Gasteiger partial charge in [0.15, 0.2) is 5.82 Å². The summed E-state index contributed by atoms with van der Waals surface area (Å²) in [6.45, 7) is 0. The number of pyridine rings is 1. The van der Waals surface area contributed by atoms with Gasteiger partial charge >= 0.3 is 0 Å². The minimum Gasteiger partial charge on any atom is -0.456 e. The Balaban J connectivity index is 1.32. The van der Waals surface area contributed by atoms with Crippen molar-refractivity contribution in [3.8, 4) is 45.0 Å². The van der Waals surface area contributed by atoms with Crippen LogP contribution in [0, 0.1) is 0 Å². The quantitative estimate of drug-likeness (QED) is 0.201. The number of hydrogen-bond acceptors (Lipinski definition) is 4. The minimum atomic E-state index is 0.670. The van der Waals surface area contributed by atoms with Crippen LogP contribution in [0.2, 0.25) is 0 Å². The van der Waals surface area contributed by atoms with Crippen LogP contribution in [-0.2, 0) is 0 Å². The fourth-order valence-corrected chi connectivity index (χ4v) is 6.09. The summed E-state index contributed by atoms with van der Waals surface area (Å²) in [6.07, 6.45) is 1.83. The number of fused-ring (bicyclic) bond motifs is 4. The second kappa shape index (κ2) is 10.1. The molecule has 0 amide bonds. The van der Waals surface area contributed by atoms with Crippen LogP contribution in [0.3, 0.4) is 0 Å². The SMILES string of the molecule is Brc1cc(-c2cc(-c3ccc4c(c3)oc3ccccc34)nc(-c3ccccc3)n2)cc(-c2cccc3ncccc23)c1. The van der Waals surface area contributed by atoms with E-state index < -0.39 is 0 Å². The second-order valence-corrected chi connectivity index (χ2v) is 11.2. The Morgan fingerprint density at radius 2 is 1.26 bits per heavy atom. The van der Waals surface area contributed by atoms with Crippen LogP contribution >= 0.6 is 15.9 Å². The monoisotopic (exact) mass is 603 g/mol. The Morgan fingerprint density at radius 1 is 0.500 bits per heavy atom. The highest BCUT2D eigenvalue weighted by Gasteiger charge is 2.15. The number of nitrogens with zero attached hydrogens (tertiary/aromatic N) is 3. The predicted octanol–water partition coefficient (Wildman–Crippen LogP) is 10.4. The van der Waals surface area contributed by atoms with Crippen LogP contribution < -0.4 is 0 Å². The molecule has 42 heavy (non-hydrogen) atoms. The molecule has 8 rings (SSSR count). The summed E-state index contributed by atoms with van der Waals surface area (Å²) in [4.78, 5) is 14.7. The van der Waals surface area contributed by atoms with E-state index in [0.29, 0.717) is 5.82 Å². The van der Waals surface area contributed by atoms with Crippen LogP contribution in [0.1, 0.15) is 0 Å². The first-order valence-electron chi connectivity index (χ1n) is 13.7. The van der Waals surface area contributed by atoms with Crippen molar-refractivity contribution in [3.63, 3.8) is 0 Å². The Morgan fingerprint density at radius 3 is 2.17 bits per heavy atom. The number of furan rings is 1. The molecule has 0 aliphatic heterocycles. The van der Waals surface area contributed by atoms with Gasteiger partial charge in [-0.3, -0.25) is 4.98 Å². The first-order chi connectivity index (χ1) is 20.7. The van der Waals surface area contributed by atoms with Gasteiger partial charge in [0.1, 0.15) is 11.2 Å². The molecule has 0 saturated heterocycles. The summed E-state index contributed by atoms with van der Waals surface area (Å²) in [6, 6.07) is 43.4. The zero-order valence-electron chi connectivity index (χ0n) is 22.3. The fourth-order valence-electron chi connectivity index (χ4n) is 5.59. The molecule has 0 aliphatic rings. The van der Waals surface area contributed by atoms with Gasteiger partial charge in [0.25, 0.3) is 0 Å². The fraction of sp³-hybridized carbons (Fsp3) is 0. The van der Waals surface area contributed by atoms with Crippen LogP contribution in [0.15, 0.2) is 142 Å². The van der Waals surface area contributed by atoms with E-state index in [0.717, 1.165) is 76.5 Å². The third-order valence-corrected chi connectivity index (χ3v) is 8.04. The lowest BCUT2D eigenvalue weighted by atomic mass is 9.97. The first kappa shape index (κ1) is 24.6. The minimum absolute atomic E-state index is 0.670. The van der Waals surface area contributed by atoms with E-state index in [1.165, 1.54) is 0 Å². The molecule has 5 aromatic carbocycles. The molecule has 0 aliphatic carbocycles. The third kappa shape index (κ3) is 4.35. The summed E-state index contributed by atoms with van der Waals surface area (Å²) in [5.41, 5.74) is 9.48. The highest BCUT2D eigenvalue weighted by molar-refractivity contribution is 9.10. The van der Waals surface area contributed by atoms with E-state index in [1.54, 1.807) is 0 Å². The van der Waals surface area contributed by atoms with Gasteiger partial charge in [0.2, 0.25) is 0 Å². The van der Waals surface area contributed by atoms with Gasteiger partial charge in [-0.1, -0.05) is 88.7 Å². The van der Waals surface area contributed by atoms with Crippen molar-refractivity contribution in [2.45, 2.75) is 0 Å². The van der Waals surface area contributed by atoms with Gasteiger partial charge in [0, 0.05) is 43.5 Å². The molecule has 3 aromatic heterocycles. The summed E-state index contributed by atoms with van der Waals surface area (Å²) in [5.74, 6) is 0.670. The van der Waals surface area contributed by atoms with Gasteiger partial charge in [-0.25, -0.2) is 9.97 Å². The Hall–Kier alpha value is -5.13. The van der Waals surface area contributed by atoms with E-state index in [9.17, 15) is 0 Å². The topological polar surface area (TPSA) is 51.8 Å². The number of para-hydroxylation sites is 1. The average molecular weight is 605 g/mol. The van der Waals surface area contributed by atoms with E-state index in [1.807, 2.05) is 66.9 Å². The Bertz CT molecular complexity index is 2270. The maximum atomic E-state index is 6.21. The van der Waals surface area contributed by atoms with Gasteiger partial charge in [-0.2, -0.15) is 0 Å². The zero-order chi connectivity index (χ0) is 28.0. The molecule has 0 N–H and O–H groups in total. The lowest BCUT2D eigenvalue weighted by Gasteiger charge is -2.12. The highest BCUT2D eigenvalue weighted by atomic mass is 79.9. The molecule has 5 heteroatoms. The van der Waals surface area contributed by atoms with Gasteiger partial charge in [-0.15, -0.1) is 0 Å². The maximum Gasteiger partial charge on any atom is 0.160 e. The van der Waals surface area contributed by atoms with E-state index in [2.05, 4.69) is 87.6 Å². The van der Waals surface area contributed by atoms with Crippen LogP contribution in [-0.4, -0.2) is 15.0 Å². The number of benzene rings is 5. The summed E-state index contributed by atoms with van der Waals surface area (Å²) in [7, 11) is 0. The van der Waals surface area contributed by atoms with Crippen LogP contribution in [0.25, 0.3) is 77.9 Å². The number of rotatable bonds is 4. The molecular weight excluding hydrogens is 582 g/mol. The second-order valence-electron chi connectivity index (χ2n) is 10.2. The molecule has 0 atom stereocenters. The van der Waals surface area contributed by atoms with Crippen LogP contribution in [0.4, 0.5) is 0 Å². The van der Waals surface area contributed by atoms with Gasteiger partial charge in [0.05, 0.1) is 16.9 Å². The molecule has 198 valence electrons. The van der Waals surface area contributed by atoms with Crippen molar-refractivity contribution < 1.29 is 4.42 Å². The molecular formula is C37H22BrN3O. The maximum absolute atomic E-state index is 6.21. The lowest BCUT2D eigenvalue weighted by molar-refractivity contribution is 0.669. The highest BCUT2D eigenvalue weighted by Crippen LogP contribution is 2.36.